The minimum Gasteiger partial charge on any atom is -0.347 e. The van der Waals surface area contributed by atoms with Crippen LogP contribution in [0.2, 0.25) is 5.02 Å². The van der Waals surface area contributed by atoms with E-state index in [0.717, 1.165) is 23.8 Å². The van der Waals surface area contributed by atoms with Gasteiger partial charge in [0.1, 0.15) is 11.5 Å². The highest BCUT2D eigenvalue weighted by atomic mass is 35.5. The third kappa shape index (κ3) is 5.53. The highest BCUT2D eigenvalue weighted by Gasteiger charge is 2.16. The van der Waals surface area contributed by atoms with Crippen molar-refractivity contribution in [3.63, 3.8) is 0 Å². The maximum Gasteiger partial charge on any atom is 0.271 e. The van der Waals surface area contributed by atoms with E-state index in [-0.39, 0.29) is 22.2 Å². The number of sulfonamides is 1. The monoisotopic (exact) mass is 435 g/mol. The Bertz CT molecular complexity index is 1110. The molecule has 2 aromatic heterocycles. The Morgan fingerprint density at radius 1 is 1.07 bits per heavy atom. The zero-order valence-corrected chi connectivity index (χ0v) is 16.4. The highest BCUT2D eigenvalue weighted by Crippen LogP contribution is 2.19. The van der Waals surface area contributed by atoms with Gasteiger partial charge < -0.3 is 5.32 Å². The average Bonchev–Trinajstić information content (AvgIpc) is 2.73. The molecule has 1 amide bonds. The van der Waals surface area contributed by atoms with Gasteiger partial charge in [-0.05, 0) is 35.9 Å². The van der Waals surface area contributed by atoms with Crippen LogP contribution in [-0.2, 0) is 23.1 Å². The quantitative estimate of drug-likeness (QED) is 0.587. The summed E-state index contributed by atoms with van der Waals surface area (Å²) in [6, 6.07) is 6.63. The van der Waals surface area contributed by atoms with Gasteiger partial charge in [-0.1, -0.05) is 11.6 Å². The van der Waals surface area contributed by atoms with Crippen LogP contribution < -0.4 is 10.0 Å². The minimum absolute atomic E-state index is 0.0935. The first kappa shape index (κ1) is 20.8. The average molecular weight is 436 g/mol. The van der Waals surface area contributed by atoms with Crippen molar-refractivity contribution in [1.82, 2.24) is 25.0 Å². The van der Waals surface area contributed by atoms with E-state index >= 15 is 0 Å². The van der Waals surface area contributed by atoms with Gasteiger partial charge in [-0.2, -0.15) is 0 Å². The lowest BCUT2D eigenvalue weighted by molar-refractivity contribution is 0.0945. The molecule has 8 nitrogen and oxygen atoms in total. The molecule has 0 aliphatic rings. The van der Waals surface area contributed by atoms with Gasteiger partial charge in [-0.15, -0.1) is 0 Å². The van der Waals surface area contributed by atoms with Gasteiger partial charge in [0, 0.05) is 18.9 Å². The van der Waals surface area contributed by atoms with Crippen molar-refractivity contribution in [2.45, 2.75) is 18.0 Å². The zero-order valence-electron chi connectivity index (χ0n) is 14.8. The van der Waals surface area contributed by atoms with Crippen LogP contribution in [0.25, 0.3) is 0 Å². The Kier molecular flexibility index (Phi) is 6.47. The number of pyridine rings is 1. The van der Waals surface area contributed by atoms with Crippen LogP contribution in [-0.4, -0.2) is 29.3 Å². The van der Waals surface area contributed by atoms with Crippen LogP contribution in [0.3, 0.4) is 0 Å². The first-order valence-electron chi connectivity index (χ1n) is 8.28. The molecule has 0 unspecified atom stereocenters. The summed E-state index contributed by atoms with van der Waals surface area (Å²) in [6.07, 6.45) is 5.79. The number of carbonyl (C=O) groups excluding carboxylic acids is 1. The molecule has 2 heterocycles. The largest absolute Gasteiger partial charge is 0.347 e. The fourth-order valence-electron chi connectivity index (χ4n) is 2.23. The fraction of sp³-hybridized carbons (Fsp3) is 0.111. The molecule has 0 radical (unpaired) electrons. The summed E-state index contributed by atoms with van der Waals surface area (Å²) in [4.78, 5) is 23.9. The smallest absolute Gasteiger partial charge is 0.271 e. The molecule has 29 heavy (non-hydrogen) atoms. The summed E-state index contributed by atoms with van der Waals surface area (Å²) in [5, 5.41) is 2.40. The molecular formula is C18H15ClFN5O3S. The number of aromatic nitrogens is 3. The summed E-state index contributed by atoms with van der Waals surface area (Å²) < 4.78 is 40.0. The predicted octanol–water partition coefficient (Wildman–Crippen LogP) is 2.07. The molecule has 1 aromatic carbocycles. The van der Waals surface area contributed by atoms with Gasteiger partial charge in [-0.3, -0.25) is 14.8 Å². The van der Waals surface area contributed by atoms with Crippen molar-refractivity contribution in [2.75, 3.05) is 0 Å². The van der Waals surface area contributed by atoms with E-state index in [0.29, 0.717) is 12.2 Å². The van der Waals surface area contributed by atoms with Crippen molar-refractivity contribution in [2.24, 2.45) is 0 Å². The molecule has 0 atom stereocenters. The maximum absolute atomic E-state index is 13.2. The van der Waals surface area contributed by atoms with E-state index in [1.54, 1.807) is 24.5 Å². The zero-order chi connectivity index (χ0) is 20.9. The van der Waals surface area contributed by atoms with Gasteiger partial charge >= 0.3 is 0 Å². The lowest BCUT2D eigenvalue weighted by atomic mass is 10.2. The Hall–Kier alpha value is -2.95. The molecule has 3 rings (SSSR count). The minimum atomic E-state index is -3.92. The SMILES string of the molecule is O=C(NCc1ccncc1)c1cnc(CNS(=O)(=O)c2ccc(F)c(Cl)c2)cn1. The number of halogens is 2. The molecule has 2 N–H and O–H groups in total. The van der Waals surface area contributed by atoms with Crippen LogP contribution in [0, 0.1) is 5.82 Å². The van der Waals surface area contributed by atoms with Crippen molar-refractivity contribution >= 4 is 27.5 Å². The summed E-state index contributed by atoms with van der Waals surface area (Å²) in [5.74, 6) is -1.13. The van der Waals surface area contributed by atoms with E-state index in [1.807, 2.05) is 0 Å². The predicted molar refractivity (Wildman–Crippen MR) is 103 cm³/mol. The van der Waals surface area contributed by atoms with Crippen LogP contribution in [0.4, 0.5) is 4.39 Å². The van der Waals surface area contributed by atoms with Crippen molar-refractivity contribution < 1.29 is 17.6 Å². The van der Waals surface area contributed by atoms with E-state index in [4.69, 9.17) is 11.6 Å². The lowest BCUT2D eigenvalue weighted by Gasteiger charge is -2.08. The molecule has 0 spiro atoms. The van der Waals surface area contributed by atoms with Crippen molar-refractivity contribution in [3.05, 3.63) is 82.9 Å². The molecule has 0 fully saturated rings. The number of benzene rings is 1. The summed E-state index contributed by atoms with van der Waals surface area (Å²) in [7, 11) is -3.92. The number of nitrogens with zero attached hydrogens (tertiary/aromatic N) is 3. The first-order valence-corrected chi connectivity index (χ1v) is 10.1. The molecular weight excluding hydrogens is 421 g/mol. The third-order valence-corrected chi connectivity index (χ3v) is 5.47. The van der Waals surface area contributed by atoms with E-state index in [2.05, 4.69) is 25.0 Å². The molecule has 0 aliphatic heterocycles. The van der Waals surface area contributed by atoms with Crippen LogP contribution >= 0.6 is 11.6 Å². The highest BCUT2D eigenvalue weighted by molar-refractivity contribution is 7.89. The first-order chi connectivity index (χ1) is 13.8. The number of hydrogen-bond acceptors (Lipinski definition) is 6. The van der Waals surface area contributed by atoms with E-state index in [9.17, 15) is 17.6 Å². The molecule has 0 aliphatic carbocycles. The molecule has 3 aromatic rings. The fourth-order valence-corrected chi connectivity index (χ4v) is 3.50. The Morgan fingerprint density at radius 3 is 2.48 bits per heavy atom. The molecule has 150 valence electrons. The summed E-state index contributed by atoms with van der Waals surface area (Å²) in [6.45, 7) is 0.147. The lowest BCUT2D eigenvalue weighted by Crippen LogP contribution is -2.25. The second kappa shape index (κ2) is 9.03. The maximum atomic E-state index is 13.2. The third-order valence-electron chi connectivity index (χ3n) is 3.79. The topological polar surface area (TPSA) is 114 Å². The van der Waals surface area contributed by atoms with Crippen LogP contribution in [0.1, 0.15) is 21.7 Å². The van der Waals surface area contributed by atoms with Crippen molar-refractivity contribution in [3.8, 4) is 0 Å². The Balaban J connectivity index is 1.58. The second-order valence-electron chi connectivity index (χ2n) is 5.83. The molecule has 0 saturated carbocycles. The standard InChI is InChI=1S/C18H15ClFN5O3S/c19-15-7-14(1-2-16(15)20)29(27,28)25-10-13-9-23-17(11-22-13)18(26)24-8-12-3-5-21-6-4-12/h1-7,9,11,25H,8,10H2,(H,24,26). The number of hydrogen-bond donors (Lipinski definition) is 2. The van der Waals surface area contributed by atoms with Gasteiger partial charge in [0.05, 0.1) is 34.6 Å². The number of carbonyl (C=O) groups is 1. The van der Waals surface area contributed by atoms with Crippen LogP contribution in [0.5, 0.6) is 0 Å². The van der Waals surface area contributed by atoms with Gasteiger partial charge in [0.2, 0.25) is 10.0 Å². The van der Waals surface area contributed by atoms with E-state index in [1.165, 1.54) is 12.4 Å². The number of amides is 1. The second-order valence-corrected chi connectivity index (χ2v) is 8.01. The number of rotatable bonds is 7. The normalized spacial score (nSPS) is 11.2. The summed E-state index contributed by atoms with van der Waals surface area (Å²) >= 11 is 5.62. The Morgan fingerprint density at radius 2 is 1.83 bits per heavy atom. The van der Waals surface area contributed by atoms with Crippen LogP contribution in [0.15, 0.2) is 60.0 Å². The number of nitrogens with one attached hydrogen (secondary N) is 2. The molecule has 11 heteroatoms. The van der Waals surface area contributed by atoms with Gasteiger partial charge in [0.25, 0.3) is 5.91 Å². The van der Waals surface area contributed by atoms with E-state index < -0.39 is 21.7 Å². The van der Waals surface area contributed by atoms with Crippen molar-refractivity contribution in [1.29, 1.82) is 0 Å². The molecule has 0 saturated heterocycles. The van der Waals surface area contributed by atoms with Gasteiger partial charge in [0.15, 0.2) is 0 Å². The Labute approximate surface area is 171 Å². The van der Waals surface area contributed by atoms with Gasteiger partial charge in [-0.25, -0.2) is 22.5 Å². The molecule has 0 bridgehead atoms. The summed E-state index contributed by atoms with van der Waals surface area (Å²) in [5.41, 5.74) is 1.27.